The van der Waals surface area contributed by atoms with E-state index in [1.54, 1.807) is 0 Å². The lowest BCUT2D eigenvalue weighted by atomic mass is 9.92. The molecule has 1 fully saturated rings. The van der Waals surface area contributed by atoms with Crippen LogP contribution in [0, 0.1) is 5.92 Å². The van der Waals surface area contributed by atoms with E-state index in [2.05, 4.69) is 42.3 Å². The summed E-state index contributed by atoms with van der Waals surface area (Å²) in [5.41, 5.74) is 1.27. The lowest BCUT2D eigenvalue weighted by molar-refractivity contribution is 0.117. The minimum atomic E-state index is 0.323. The zero-order valence-corrected chi connectivity index (χ0v) is 13.9. The largest absolute Gasteiger partial charge is 0.494 e. The fourth-order valence-electron chi connectivity index (χ4n) is 3.36. The van der Waals surface area contributed by atoms with Gasteiger partial charge >= 0.3 is 0 Å². The highest BCUT2D eigenvalue weighted by Crippen LogP contribution is 2.28. The minimum absolute atomic E-state index is 0.323. The maximum absolute atomic E-state index is 5.79. The fraction of sp³-hybridized carbons (Fsp3) is 0.667. The summed E-state index contributed by atoms with van der Waals surface area (Å²) in [5, 5.41) is 3.47. The zero-order chi connectivity index (χ0) is 15.2. The number of benzene rings is 1. The minimum Gasteiger partial charge on any atom is -0.494 e. The number of para-hydroxylation sites is 1. The van der Waals surface area contributed by atoms with Crippen LogP contribution in [0.15, 0.2) is 24.3 Å². The van der Waals surface area contributed by atoms with E-state index in [1.807, 2.05) is 20.0 Å². The Kier molecular flexibility index (Phi) is 6.07. The summed E-state index contributed by atoms with van der Waals surface area (Å²) >= 11 is 0. The Morgan fingerprint density at radius 1 is 1.33 bits per heavy atom. The summed E-state index contributed by atoms with van der Waals surface area (Å²) in [7, 11) is 2.05. The number of rotatable bonds is 6. The molecule has 1 aromatic carbocycles. The van der Waals surface area contributed by atoms with E-state index in [0.29, 0.717) is 18.7 Å². The van der Waals surface area contributed by atoms with Gasteiger partial charge in [-0.3, -0.25) is 4.90 Å². The van der Waals surface area contributed by atoms with Crippen LogP contribution in [0.1, 0.15) is 45.2 Å². The summed E-state index contributed by atoms with van der Waals surface area (Å²) in [5.74, 6) is 1.87. The fourth-order valence-corrected chi connectivity index (χ4v) is 3.36. The smallest absolute Gasteiger partial charge is 0.124 e. The van der Waals surface area contributed by atoms with Crippen LogP contribution >= 0.6 is 0 Å². The number of likely N-dealkylation sites (N-methyl/N-ethyl adjacent to an activating group) is 1. The molecular weight excluding hydrogens is 260 g/mol. The number of hydrogen-bond acceptors (Lipinski definition) is 3. The summed E-state index contributed by atoms with van der Waals surface area (Å²) in [6.45, 7) is 9.74. The SMILES string of the molecule is CCOc1ccccc1C(CN1CCC(C)CC1C)NC. The standard InChI is InChI=1S/C18H30N2O/c1-5-21-18-9-7-6-8-16(18)17(19-4)13-20-11-10-14(2)12-15(20)3/h6-9,14-15,17,19H,5,10-13H2,1-4H3. The molecule has 1 aromatic rings. The molecule has 118 valence electrons. The molecule has 1 aliphatic rings. The number of nitrogens with one attached hydrogen (secondary N) is 1. The molecule has 21 heavy (non-hydrogen) atoms. The number of hydrogen-bond donors (Lipinski definition) is 1. The van der Waals surface area contributed by atoms with Crippen LogP contribution in [-0.2, 0) is 0 Å². The Morgan fingerprint density at radius 2 is 2.10 bits per heavy atom. The molecule has 0 radical (unpaired) electrons. The van der Waals surface area contributed by atoms with E-state index in [9.17, 15) is 0 Å². The van der Waals surface area contributed by atoms with Gasteiger partial charge in [-0.25, -0.2) is 0 Å². The maximum atomic E-state index is 5.79. The molecule has 3 unspecified atom stereocenters. The van der Waals surface area contributed by atoms with Crippen molar-refractivity contribution in [3.8, 4) is 5.75 Å². The van der Waals surface area contributed by atoms with E-state index in [-0.39, 0.29) is 0 Å². The van der Waals surface area contributed by atoms with Crippen molar-refractivity contribution in [2.24, 2.45) is 5.92 Å². The number of nitrogens with zero attached hydrogens (tertiary/aromatic N) is 1. The molecule has 0 amide bonds. The van der Waals surface area contributed by atoms with Gasteiger partial charge in [0.25, 0.3) is 0 Å². The van der Waals surface area contributed by atoms with Crippen molar-refractivity contribution in [3.05, 3.63) is 29.8 Å². The van der Waals surface area contributed by atoms with Crippen LogP contribution in [0.4, 0.5) is 0 Å². The quantitative estimate of drug-likeness (QED) is 0.868. The second kappa shape index (κ2) is 7.81. The molecule has 0 aromatic heterocycles. The second-order valence-corrected chi connectivity index (χ2v) is 6.29. The first kappa shape index (κ1) is 16.3. The zero-order valence-electron chi connectivity index (χ0n) is 13.9. The molecule has 0 saturated carbocycles. The average molecular weight is 290 g/mol. The molecule has 0 aliphatic carbocycles. The summed E-state index contributed by atoms with van der Waals surface area (Å²) in [4.78, 5) is 2.61. The molecule has 3 nitrogen and oxygen atoms in total. The topological polar surface area (TPSA) is 24.5 Å². The van der Waals surface area contributed by atoms with Gasteiger partial charge in [0.05, 0.1) is 6.61 Å². The average Bonchev–Trinajstić information content (AvgIpc) is 2.48. The Labute approximate surface area is 129 Å². The molecule has 1 N–H and O–H groups in total. The van der Waals surface area contributed by atoms with Crippen LogP contribution in [-0.4, -0.2) is 37.7 Å². The second-order valence-electron chi connectivity index (χ2n) is 6.29. The first-order valence-electron chi connectivity index (χ1n) is 8.28. The predicted octanol–water partition coefficient (Wildman–Crippen LogP) is 3.47. The normalized spacial score (nSPS) is 24.8. The third-order valence-electron chi connectivity index (χ3n) is 4.64. The lowest BCUT2D eigenvalue weighted by Crippen LogP contribution is -2.44. The van der Waals surface area contributed by atoms with Crippen molar-refractivity contribution in [3.63, 3.8) is 0 Å². The van der Waals surface area contributed by atoms with Gasteiger partial charge in [-0.15, -0.1) is 0 Å². The Bertz CT molecular complexity index is 435. The van der Waals surface area contributed by atoms with E-state index >= 15 is 0 Å². The van der Waals surface area contributed by atoms with E-state index < -0.39 is 0 Å². The number of likely N-dealkylation sites (tertiary alicyclic amines) is 1. The lowest BCUT2D eigenvalue weighted by Gasteiger charge is -2.38. The monoisotopic (exact) mass is 290 g/mol. The van der Waals surface area contributed by atoms with Crippen molar-refractivity contribution in [2.75, 3.05) is 26.7 Å². The van der Waals surface area contributed by atoms with E-state index in [1.165, 1.54) is 24.9 Å². The van der Waals surface area contributed by atoms with Crippen LogP contribution in [0.25, 0.3) is 0 Å². The van der Waals surface area contributed by atoms with Gasteiger partial charge < -0.3 is 10.1 Å². The third-order valence-corrected chi connectivity index (χ3v) is 4.64. The summed E-state index contributed by atoms with van der Waals surface area (Å²) in [6.07, 6.45) is 2.62. The Hall–Kier alpha value is -1.06. The number of ether oxygens (including phenoxy) is 1. The number of piperidine rings is 1. The van der Waals surface area contributed by atoms with Gasteiger partial charge in [0, 0.05) is 24.2 Å². The Balaban J connectivity index is 2.09. The highest BCUT2D eigenvalue weighted by Gasteiger charge is 2.26. The van der Waals surface area contributed by atoms with Gasteiger partial charge in [0.15, 0.2) is 0 Å². The van der Waals surface area contributed by atoms with Crippen LogP contribution in [0.2, 0.25) is 0 Å². The highest BCUT2D eigenvalue weighted by atomic mass is 16.5. The molecular formula is C18H30N2O. The molecule has 1 heterocycles. The maximum Gasteiger partial charge on any atom is 0.124 e. The van der Waals surface area contributed by atoms with Crippen molar-refractivity contribution in [1.82, 2.24) is 10.2 Å². The molecule has 2 rings (SSSR count). The van der Waals surface area contributed by atoms with Crippen LogP contribution < -0.4 is 10.1 Å². The van der Waals surface area contributed by atoms with Gasteiger partial charge in [0.2, 0.25) is 0 Å². The van der Waals surface area contributed by atoms with Crippen LogP contribution in [0.5, 0.6) is 5.75 Å². The molecule has 1 saturated heterocycles. The summed E-state index contributed by atoms with van der Waals surface area (Å²) < 4.78 is 5.79. The van der Waals surface area contributed by atoms with Gasteiger partial charge in [-0.2, -0.15) is 0 Å². The molecule has 3 atom stereocenters. The molecule has 0 spiro atoms. The van der Waals surface area contributed by atoms with Crippen LogP contribution in [0.3, 0.4) is 0 Å². The van der Waals surface area contributed by atoms with Crippen molar-refractivity contribution in [2.45, 2.75) is 45.7 Å². The third kappa shape index (κ3) is 4.21. The summed E-state index contributed by atoms with van der Waals surface area (Å²) in [6, 6.07) is 9.40. The first-order chi connectivity index (χ1) is 10.2. The molecule has 1 aliphatic heterocycles. The Morgan fingerprint density at radius 3 is 2.76 bits per heavy atom. The predicted molar refractivity (Wildman–Crippen MR) is 88.8 cm³/mol. The van der Waals surface area contributed by atoms with Gasteiger partial charge in [0.1, 0.15) is 5.75 Å². The van der Waals surface area contributed by atoms with E-state index in [0.717, 1.165) is 18.2 Å². The van der Waals surface area contributed by atoms with E-state index in [4.69, 9.17) is 4.74 Å². The van der Waals surface area contributed by atoms with Crippen molar-refractivity contribution in [1.29, 1.82) is 0 Å². The van der Waals surface area contributed by atoms with Gasteiger partial charge in [-0.05, 0) is 52.3 Å². The molecule has 3 heteroatoms. The highest BCUT2D eigenvalue weighted by molar-refractivity contribution is 5.36. The van der Waals surface area contributed by atoms with Crippen molar-refractivity contribution >= 4 is 0 Å². The molecule has 0 bridgehead atoms. The van der Waals surface area contributed by atoms with Gasteiger partial charge in [-0.1, -0.05) is 25.1 Å². The van der Waals surface area contributed by atoms with Crippen molar-refractivity contribution < 1.29 is 4.74 Å². The first-order valence-corrected chi connectivity index (χ1v) is 8.28.